The minimum Gasteiger partial charge on any atom is -0.456 e. The monoisotopic (exact) mass is 1030 g/mol. The Balaban J connectivity index is 0.00000456. The summed E-state index contributed by atoms with van der Waals surface area (Å²) >= 11 is 0. The van der Waals surface area contributed by atoms with E-state index in [1.807, 2.05) is 66.9 Å². The van der Waals surface area contributed by atoms with E-state index in [0.717, 1.165) is 88.4 Å². The number of aromatic nitrogens is 5. The number of benzene rings is 8. The van der Waals surface area contributed by atoms with Crippen LogP contribution < -0.4 is 0 Å². The Hall–Kier alpha value is -7.83. The van der Waals surface area contributed by atoms with Crippen molar-refractivity contribution in [1.29, 1.82) is 0 Å². The Kier molecular flexibility index (Phi) is 9.28. The fraction of sp³-hybridized carbons (Fsp3) is 0.0508. The van der Waals surface area contributed by atoms with Gasteiger partial charge in [0.2, 0.25) is 5.95 Å². The first-order chi connectivity index (χ1) is 31.9. The molecule has 4 aromatic heterocycles. The number of pyridine rings is 1. The predicted octanol–water partition coefficient (Wildman–Crippen LogP) is 14.7. The van der Waals surface area contributed by atoms with E-state index in [4.69, 9.17) is 19.4 Å². The average Bonchev–Trinajstić information content (AvgIpc) is 3.97. The molecule has 7 heteroatoms. The van der Waals surface area contributed by atoms with Gasteiger partial charge in [-0.3, -0.25) is 4.57 Å². The first-order valence-electron chi connectivity index (χ1n) is 21.9. The molecule has 315 valence electrons. The van der Waals surface area contributed by atoms with Crippen LogP contribution in [0.5, 0.6) is 0 Å². The molecule has 0 bridgehead atoms. The van der Waals surface area contributed by atoms with Crippen molar-refractivity contribution >= 4 is 43.7 Å². The smallest absolute Gasteiger partial charge is 0.238 e. The van der Waals surface area contributed by atoms with E-state index in [9.17, 15) is 0 Å². The summed E-state index contributed by atoms with van der Waals surface area (Å²) in [6.07, 6.45) is 1.82. The number of furan rings is 1. The molecule has 0 N–H and O–H groups in total. The first-order valence-corrected chi connectivity index (χ1v) is 21.9. The van der Waals surface area contributed by atoms with Gasteiger partial charge < -0.3 is 9.40 Å². The zero-order valence-electron chi connectivity index (χ0n) is 36.0. The van der Waals surface area contributed by atoms with Crippen molar-refractivity contribution in [2.45, 2.75) is 19.3 Å². The van der Waals surface area contributed by atoms with Gasteiger partial charge >= 0.3 is 0 Å². The van der Waals surface area contributed by atoms with Gasteiger partial charge in [0.15, 0.2) is 11.6 Å². The molecule has 4 heterocycles. The molecule has 0 fully saturated rings. The Morgan fingerprint density at radius 2 is 1.12 bits per heavy atom. The summed E-state index contributed by atoms with van der Waals surface area (Å²) in [6, 6.07) is 69.2. The Bertz CT molecular complexity index is 3800. The standard InChI is InChI=1S/C59H38N5O.Ir/c1-59(2)49-21-10-9-20-43(49)45-34-47-46-31-39(41-23-26-44-48-32-40(25-28-54(48)65-55(44)33-41)38-18-13-19-42(30-38)51-22-11-12-29-60-51)24-27-52(46)64(53(47)35-50(45)59)58-62-56(36-14-5-3-6-15-36)61-57(63-58)37-16-7-4-8-17-37;/h3-18,20-35H,1-2H3;/q-1;. The maximum absolute atomic E-state index is 6.57. The summed E-state index contributed by atoms with van der Waals surface area (Å²) in [6.45, 7) is 4.65. The Morgan fingerprint density at radius 3 is 1.88 bits per heavy atom. The maximum atomic E-state index is 6.57. The summed E-state index contributed by atoms with van der Waals surface area (Å²) in [7, 11) is 0. The van der Waals surface area contributed by atoms with Crippen molar-refractivity contribution in [3.8, 4) is 73.4 Å². The molecule has 0 saturated carbocycles. The van der Waals surface area contributed by atoms with Gasteiger partial charge in [0.25, 0.3) is 0 Å². The summed E-state index contributed by atoms with van der Waals surface area (Å²) < 4.78 is 8.81. The molecule has 0 unspecified atom stereocenters. The zero-order chi connectivity index (χ0) is 43.2. The summed E-state index contributed by atoms with van der Waals surface area (Å²) in [5, 5.41) is 4.41. The summed E-state index contributed by atoms with van der Waals surface area (Å²) in [5.41, 5.74) is 16.8. The van der Waals surface area contributed by atoms with Gasteiger partial charge in [-0.25, -0.2) is 4.98 Å². The van der Waals surface area contributed by atoms with Crippen LogP contribution in [0.4, 0.5) is 0 Å². The number of fused-ring (bicyclic) bond motifs is 9. The van der Waals surface area contributed by atoms with Gasteiger partial charge in [0.05, 0.1) is 11.0 Å². The third-order valence-electron chi connectivity index (χ3n) is 13.2. The van der Waals surface area contributed by atoms with Crippen LogP contribution >= 0.6 is 0 Å². The van der Waals surface area contributed by atoms with Crippen LogP contribution in [0.3, 0.4) is 0 Å². The predicted molar refractivity (Wildman–Crippen MR) is 263 cm³/mol. The van der Waals surface area contributed by atoms with Crippen LogP contribution in [0.25, 0.3) is 117 Å². The second kappa shape index (κ2) is 15.4. The van der Waals surface area contributed by atoms with E-state index in [-0.39, 0.29) is 25.5 Å². The molecule has 0 saturated heterocycles. The molecular weight excluding hydrogens is 987 g/mol. The van der Waals surface area contributed by atoms with Gasteiger partial charge in [-0.05, 0) is 99.2 Å². The van der Waals surface area contributed by atoms with E-state index in [2.05, 4.69) is 157 Å². The first kappa shape index (κ1) is 39.7. The van der Waals surface area contributed by atoms with Crippen LogP contribution in [0.1, 0.15) is 25.0 Å². The summed E-state index contributed by atoms with van der Waals surface area (Å²) in [4.78, 5) is 20.1. The molecule has 66 heavy (non-hydrogen) atoms. The Morgan fingerprint density at radius 1 is 0.470 bits per heavy atom. The number of hydrogen-bond donors (Lipinski definition) is 0. The molecule has 0 aliphatic heterocycles. The van der Waals surface area contributed by atoms with Crippen molar-refractivity contribution < 1.29 is 24.5 Å². The quantitative estimate of drug-likeness (QED) is 0.155. The van der Waals surface area contributed by atoms with Gasteiger partial charge in [-0.15, -0.1) is 35.4 Å². The van der Waals surface area contributed by atoms with Gasteiger partial charge in [0.1, 0.15) is 11.2 Å². The largest absolute Gasteiger partial charge is 0.456 e. The number of nitrogens with zero attached hydrogens (tertiary/aromatic N) is 5. The average molecular weight is 1030 g/mol. The maximum Gasteiger partial charge on any atom is 0.238 e. The molecule has 12 aromatic rings. The van der Waals surface area contributed by atoms with E-state index in [1.54, 1.807) is 0 Å². The van der Waals surface area contributed by atoms with Crippen LogP contribution in [0.2, 0.25) is 0 Å². The second-order valence-corrected chi connectivity index (χ2v) is 17.4. The fourth-order valence-corrected chi connectivity index (χ4v) is 9.96. The minimum absolute atomic E-state index is 0. The van der Waals surface area contributed by atoms with E-state index in [0.29, 0.717) is 17.6 Å². The SMILES string of the molecule is CC1(C)c2ccccc2-c2cc3c4cc(-c5ccc6c(c5)oc5ccc(-c7cc[c-]c(-c8ccccn8)c7)cc56)ccc4n(-c4nc(-c5ccccc5)nc(-c5ccccc5)n4)c3cc21.[Ir]. The molecule has 1 aliphatic rings. The topological polar surface area (TPSA) is 69.6 Å². The van der Waals surface area contributed by atoms with Crippen molar-refractivity contribution in [3.05, 3.63) is 211 Å². The van der Waals surface area contributed by atoms with Crippen molar-refractivity contribution in [2.24, 2.45) is 0 Å². The molecule has 13 rings (SSSR count). The van der Waals surface area contributed by atoms with E-state index in [1.165, 1.54) is 22.3 Å². The normalized spacial score (nSPS) is 12.7. The van der Waals surface area contributed by atoms with Gasteiger partial charge in [-0.1, -0.05) is 129 Å². The summed E-state index contributed by atoms with van der Waals surface area (Å²) in [5.74, 6) is 1.82. The van der Waals surface area contributed by atoms with Crippen molar-refractivity contribution in [3.63, 3.8) is 0 Å². The number of hydrogen-bond acceptors (Lipinski definition) is 5. The molecule has 0 spiro atoms. The van der Waals surface area contributed by atoms with Crippen molar-refractivity contribution in [1.82, 2.24) is 24.5 Å². The molecule has 8 aromatic carbocycles. The van der Waals surface area contributed by atoms with Crippen LogP contribution in [0, 0.1) is 6.07 Å². The molecule has 0 atom stereocenters. The van der Waals surface area contributed by atoms with Crippen LogP contribution in [0.15, 0.2) is 199 Å². The van der Waals surface area contributed by atoms with Crippen molar-refractivity contribution in [2.75, 3.05) is 0 Å². The van der Waals surface area contributed by atoms with Gasteiger partial charge in [-0.2, -0.15) is 9.97 Å². The zero-order valence-corrected chi connectivity index (χ0v) is 38.3. The molecule has 6 nitrogen and oxygen atoms in total. The third kappa shape index (κ3) is 6.34. The fourth-order valence-electron chi connectivity index (χ4n) is 9.96. The minimum atomic E-state index is -0.193. The number of rotatable bonds is 6. The third-order valence-corrected chi connectivity index (χ3v) is 13.2. The van der Waals surface area contributed by atoms with E-state index >= 15 is 0 Å². The van der Waals surface area contributed by atoms with Gasteiger partial charge in [0, 0.05) is 64.4 Å². The molecule has 0 amide bonds. The molecule has 1 radical (unpaired) electrons. The van der Waals surface area contributed by atoms with Crippen LogP contribution in [-0.4, -0.2) is 24.5 Å². The molecular formula is C59H38IrN5O-. The van der Waals surface area contributed by atoms with Crippen LogP contribution in [-0.2, 0) is 25.5 Å². The second-order valence-electron chi connectivity index (χ2n) is 17.4. The molecule has 1 aliphatic carbocycles. The Labute approximate surface area is 394 Å². The van der Waals surface area contributed by atoms with E-state index < -0.39 is 0 Å².